The molecule has 2 aromatic carbocycles. The molecule has 0 radical (unpaired) electrons. The first-order valence-electron chi connectivity index (χ1n) is 6.91. The lowest BCUT2D eigenvalue weighted by atomic mass is 10.1. The predicted octanol–water partition coefficient (Wildman–Crippen LogP) is 4.26. The van der Waals surface area contributed by atoms with Crippen LogP contribution in [0.1, 0.15) is 15.9 Å². The van der Waals surface area contributed by atoms with Crippen LogP contribution in [0.5, 0.6) is 0 Å². The van der Waals surface area contributed by atoms with Crippen LogP contribution in [0, 0.1) is 0 Å². The number of nitrogens with zero attached hydrogens (tertiary/aromatic N) is 2. The fourth-order valence-electron chi connectivity index (χ4n) is 2.23. The summed E-state index contributed by atoms with van der Waals surface area (Å²) in [6, 6.07) is 12.6. The Hall–Kier alpha value is -3.09. The Morgan fingerprint density at radius 2 is 1.75 bits per heavy atom. The highest BCUT2D eigenvalue weighted by atomic mass is 19.4. The van der Waals surface area contributed by atoms with Gasteiger partial charge >= 0.3 is 12.1 Å². The van der Waals surface area contributed by atoms with Crippen molar-refractivity contribution < 1.29 is 23.1 Å². The zero-order valence-electron chi connectivity index (χ0n) is 12.2. The van der Waals surface area contributed by atoms with E-state index in [1.807, 2.05) is 0 Å². The molecule has 1 N–H and O–H groups in total. The number of hydrogen-bond acceptors (Lipinski definition) is 2. The fraction of sp³-hybridized carbons (Fsp3) is 0.0588. The van der Waals surface area contributed by atoms with Gasteiger partial charge in [0.05, 0.1) is 22.5 Å². The maximum atomic E-state index is 12.6. The minimum atomic E-state index is -4.38. The zero-order chi connectivity index (χ0) is 17.3. The Morgan fingerprint density at radius 1 is 1.04 bits per heavy atom. The van der Waals surface area contributed by atoms with Crippen molar-refractivity contribution in [1.82, 2.24) is 9.78 Å². The standard InChI is InChI=1S/C17H11F3N2O2/c18-17(19,20)13-6-4-11(5-7-13)15-8-9-22(21-15)14-3-1-2-12(10-14)16(23)24/h1-10H,(H,23,24). The molecule has 0 fully saturated rings. The molecule has 122 valence electrons. The van der Waals surface area contributed by atoms with Crippen molar-refractivity contribution in [2.75, 3.05) is 0 Å². The van der Waals surface area contributed by atoms with Crippen LogP contribution in [0.3, 0.4) is 0 Å². The quantitative estimate of drug-likeness (QED) is 0.780. The van der Waals surface area contributed by atoms with Crippen LogP contribution in [0.25, 0.3) is 16.9 Å². The van der Waals surface area contributed by atoms with Crippen molar-refractivity contribution in [3.05, 3.63) is 71.9 Å². The van der Waals surface area contributed by atoms with Gasteiger partial charge in [-0.3, -0.25) is 0 Å². The molecule has 7 heteroatoms. The first kappa shape index (κ1) is 15.8. The number of benzene rings is 2. The molecule has 0 saturated carbocycles. The van der Waals surface area contributed by atoms with Crippen molar-refractivity contribution in [2.24, 2.45) is 0 Å². The molecule has 1 aromatic heterocycles. The van der Waals surface area contributed by atoms with Gasteiger partial charge in [-0.05, 0) is 36.4 Å². The van der Waals surface area contributed by atoms with Crippen LogP contribution in [-0.2, 0) is 6.18 Å². The summed E-state index contributed by atoms with van der Waals surface area (Å²) in [5.41, 5.74) is 0.979. The van der Waals surface area contributed by atoms with Gasteiger partial charge in [0.25, 0.3) is 0 Å². The SMILES string of the molecule is O=C(O)c1cccc(-n2ccc(-c3ccc(C(F)(F)F)cc3)n2)c1. The van der Waals surface area contributed by atoms with E-state index in [4.69, 9.17) is 5.11 Å². The van der Waals surface area contributed by atoms with Gasteiger partial charge < -0.3 is 5.11 Å². The molecule has 3 rings (SSSR count). The number of carbonyl (C=O) groups is 1. The van der Waals surface area contributed by atoms with Crippen molar-refractivity contribution >= 4 is 5.97 Å². The third-order valence-corrected chi connectivity index (χ3v) is 3.45. The molecule has 0 atom stereocenters. The molecule has 0 amide bonds. The van der Waals surface area contributed by atoms with E-state index in [1.54, 1.807) is 24.4 Å². The number of rotatable bonds is 3. The Bertz CT molecular complexity index is 883. The predicted molar refractivity (Wildman–Crippen MR) is 81.0 cm³/mol. The lowest BCUT2D eigenvalue weighted by Crippen LogP contribution is -2.04. The van der Waals surface area contributed by atoms with Crippen LogP contribution in [-0.4, -0.2) is 20.9 Å². The lowest BCUT2D eigenvalue weighted by molar-refractivity contribution is -0.137. The first-order valence-corrected chi connectivity index (χ1v) is 6.91. The Morgan fingerprint density at radius 3 is 2.38 bits per heavy atom. The summed E-state index contributed by atoms with van der Waals surface area (Å²) in [4.78, 5) is 11.0. The molecule has 0 aliphatic heterocycles. The van der Waals surface area contributed by atoms with Gasteiger partial charge in [-0.25, -0.2) is 9.48 Å². The third-order valence-electron chi connectivity index (χ3n) is 3.45. The third kappa shape index (κ3) is 3.15. The average Bonchev–Trinajstić information content (AvgIpc) is 3.04. The van der Waals surface area contributed by atoms with E-state index in [0.717, 1.165) is 12.1 Å². The normalized spacial score (nSPS) is 11.5. The lowest BCUT2D eigenvalue weighted by Gasteiger charge is -2.06. The van der Waals surface area contributed by atoms with E-state index in [0.29, 0.717) is 16.9 Å². The number of hydrogen-bond donors (Lipinski definition) is 1. The van der Waals surface area contributed by atoms with Crippen LogP contribution < -0.4 is 0 Å². The molecule has 0 saturated heterocycles. The number of carboxylic acid groups (broad SMARTS) is 1. The van der Waals surface area contributed by atoms with Crippen molar-refractivity contribution in [1.29, 1.82) is 0 Å². The van der Waals surface area contributed by atoms with Gasteiger partial charge in [0.15, 0.2) is 0 Å². The molecule has 3 aromatic rings. The zero-order valence-corrected chi connectivity index (χ0v) is 12.2. The minimum Gasteiger partial charge on any atom is -0.478 e. The highest BCUT2D eigenvalue weighted by Gasteiger charge is 2.30. The molecule has 0 spiro atoms. The Balaban J connectivity index is 1.91. The molecule has 4 nitrogen and oxygen atoms in total. The van der Waals surface area contributed by atoms with Gasteiger partial charge in [-0.15, -0.1) is 0 Å². The minimum absolute atomic E-state index is 0.124. The van der Waals surface area contributed by atoms with Crippen LogP contribution in [0.2, 0.25) is 0 Å². The molecule has 24 heavy (non-hydrogen) atoms. The van der Waals surface area contributed by atoms with E-state index in [1.165, 1.54) is 28.9 Å². The molecular formula is C17H11F3N2O2. The van der Waals surface area contributed by atoms with Gasteiger partial charge in [0.2, 0.25) is 0 Å². The maximum absolute atomic E-state index is 12.6. The molecule has 0 aliphatic carbocycles. The molecular weight excluding hydrogens is 321 g/mol. The monoisotopic (exact) mass is 332 g/mol. The summed E-state index contributed by atoms with van der Waals surface area (Å²) < 4.78 is 39.2. The topological polar surface area (TPSA) is 55.1 Å². The van der Waals surface area contributed by atoms with Gasteiger partial charge in [-0.1, -0.05) is 18.2 Å². The van der Waals surface area contributed by atoms with E-state index in [-0.39, 0.29) is 5.56 Å². The van der Waals surface area contributed by atoms with Crippen LogP contribution >= 0.6 is 0 Å². The summed E-state index contributed by atoms with van der Waals surface area (Å²) in [7, 11) is 0. The van der Waals surface area contributed by atoms with Crippen molar-refractivity contribution in [2.45, 2.75) is 6.18 Å². The smallest absolute Gasteiger partial charge is 0.416 e. The molecule has 0 unspecified atom stereocenters. The highest BCUT2D eigenvalue weighted by molar-refractivity contribution is 5.88. The number of alkyl halides is 3. The number of halogens is 3. The van der Waals surface area contributed by atoms with E-state index >= 15 is 0 Å². The van der Waals surface area contributed by atoms with Crippen molar-refractivity contribution in [3.8, 4) is 16.9 Å². The molecule has 0 bridgehead atoms. The summed E-state index contributed by atoms with van der Waals surface area (Å²) in [6.07, 6.45) is -2.76. The Labute approximate surface area is 134 Å². The number of carboxylic acids is 1. The summed E-state index contributed by atoms with van der Waals surface area (Å²) in [5, 5.41) is 13.3. The summed E-state index contributed by atoms with van der Waals surface area (Å²) >= 11 is 0. The Kier molecular flexibility index (Phi) is 3.84. The van der Waals surface area contributed by atoms with Gasteiger partial charge in [-0.2, -0.15) is 18.3 Å². The van der Waals surface area contributed by atoms with Gasteiger partial charge in [0.1, 0.15) is 0 Å². The number of aromatic carboxylic acids is 1. The highest BCUT2D eigenvalue weighted by Crippen LogP contribution is 2.30. The second-order valence-electron chi connectivity index (χ2n) is 5.08. The van der Waals surface area contributed by atoms with Crippen molar-refractivity contribution in [3.63, 3.8) is 0 Å². The van der Waals surface area contributed by atoms with Crippen LogP contribution in [0.15, 0.2) is 60.8 Å². The second kappa shape index (κ2) is 5.84. The van der Waals surface area contributed by atoms with Gasteiger partial charge in [0, 0.05) is 11.8 Å². The number of aromatic nitrogens is 2. The van der Waals surface area contributed by atoms with E-state index in [9.17, 15) is 18.0 Å². The molecule has 0 aliphatic rings. The molecule has 1 heterocycles. The average molecular weight is 332 g/mol. The van der Waals surface area contributed by atoms with E-state index < -0.39 is 17.7 Å². The summed E-state index contributed by atoms with van der Waals surface area (Å²) in [5.74, 6) is -1.05. The second-order valence-corrected chi connectivity index (χ2v) is 5.08. The largest absolute Gasteiger partial charge is 0.478 e. The fourth-order valence-corrected chi connectivity index (χ4v) is 2.23. The first-order chi connectivity index (χ1) is 11.3. The maximum Gasteiger partial charge on any atom is 0.416 e. The summed E-state index contributed by atoms with van der Waals surface area (Å²) in [6.45, 7) is 0. The van der Waals surface area contributed by atoms with E-state index in [2.05, 4.69) is 5.10 Å². The van der Waals surface area contributed by atoms with Crippen LogP contribution in [0.4, 0.5) is 13.2 Å².